The third kappa shape index (κ3) is 4.83. The van der Waals surface area contributed by atoms with Gasteiger partial charge in [0.15, 0.2) is 0 Å². The second-order valence-corrected chi connectivity index (χ2v) is 8.62. The maximum Gasteiger partial charge on any atom is 0.227 e. The monoisotopic (exact) mass is 381 g/mol. The zero-order valence-corrected chi connectivity index (χ0v) is 17.6. The van der Waals surface area contributed by atoms with Crippen LogP contribution in [-0.2, 0) is 4.79 Å². The molecule has 1 aliphatic heterocycles. The predicted octanol–water partition coefficient (Wildman–Crippen LogP) is 4.89. The number of pyridine rings is 1. The molecule has 1 saturated heterocycles. The highest BCUT2D eigenvalue weighted by molar-refractivity contribution is 5.81. The van der Waals surface area contributed by atoms with Gasteiger partial charge in [0.1, 0.15) is 5.75 Å². The van der Waals surface area contributed by atoms with Gasteiger partial charge in [0.05, 0.1) is 7.11 Å². The number of aryl methyl sites for hydroxylation is 1. The van der Waals surface area contributed by atoms with E-state index in [4.69, 9.17) is 9.72 Å². The number of rotatable bonds is 4. The molecule has 3 rings (SSSR count). The maximum atomic E-state index is 12.7. The highest BCUT2D eigenvalue weighted by atomic mass is 16.5. The van der Waals surface area contributed by atoms with Gasteiger partial charge in [0, 0.05) is 53.3 Å². The number of methoxy groups -OCH3 is 1. The van der Waals surface area contributed by atoms with E-state index in [1.807, 2.05) is 62.9 Å². The van der Waals surface area contributed by atoms with Crippen LogP contribution < -0.4 is 10.1 Å². The largest absolute Gasteiger partial charge is 0.497 e. The van der Waals surface area contributed by atoms with Gasteiger partial charge in [-0.1, -0.05) is 26.8 Å². The number of nitrogens with one attached hydrogen (secondary N) is 1. The lowest BCUT2D eigenvalue weighted by atomic mass is 9.89. The van der Waals surface area contributed by atoms with Gasteiger partial charge in [0.2, 0.25) is 5.91 Å². The number of anilines is 2. The van der Waals surface area contributed by atoms with Crippen LogP contribution in [0.5, 0.6) is 5.75 Å². The Morgan fingerprint density at radius 3 is 2.71 bits per heavy atom. The van der Waals surface area contributed by atoms with Crippen LogP contribution in [0.2, 0.25) is 0 Å². The number of hydrogen-bond donors (Lipinski definition) is 1. The number of ether oxygens (including phenoxy) is 1. The lowest BCUT2D eigenvalue weighted by molar-refractivity contribution is -0.140. The number of amides is 1. The summed E-state index contributed by atoms with van der Waals surface area (Å²) in [5, 5.41) is 3.46. The van der Waals surface area contributed by atoms with Crippen molar-refractivity contribution in [3.63, 3.8) is 0 Å². The number of hydrogen-bond acceptors (Lipinski definition) is 4. The first-order chi connectivity index (χ1) is 13.3. The second kappa shape index (κ2) is 8.21. The van der Waals surface area contributed by atoms with Crippen LogP contribution in [0.4, 0.5) is 11.4 Å². The maximum absolute atomic E-state index is 12.7. The number of carbonyl (C=O) groups is 1. The van der Waals surface area contributed by atoms with Crippen LogP contribution in [0.25, 0.3) is 0 Å². The average molecular weight is 382 g/mol. The van der Waals surface area contributed by atoms with Crippen molar-refractivity contribution in [3.05, 3.63) is 47.8 Å². The Balaban J connectivity index is 1.79. The molecule has 1 aliphatic rings. The molecule has 5 nitrogen and oxygen atoms in total. The Hall–Kier alpha value is -2.56. The minimum absolute atomic E-state index is 0.222. The van der Waals surface area contributed by atoms with Crippen molar-refractivity contribution in [3.8, 4) is 5.75 Å². The van der Waals surface area contributed by atoms with Gasteiger partial charge in [-0.15, -0.1) is 0 Å². The number of aromatic nitrogens is 1. The van der Waals surface area contributed by atoms with Crippen molar-refractivity contribution in [2.45, 2.75) is 46.5 Å². The summed E-state index contributed by atoms with van der Waals surface area (Å²) < 4.78 is 5.31. The molecule has 0 spiro atoms. The fraction of sp³-hybridized carbons (Fsp3) is 0.478. The molecule has 0 aliphatic carbocycles. The van der Waals surface area contributed by atoms with Crippen molar-refractivity contribution >= 4 is 17.3 Å². The third-order valence-corrected chi connectivity index (χ3v) is 5.10. The summed E-state index contributed by atoms with van der Waals surface area (Å²) in [6.45, 7) is 9.56. The van der Waals surface area contributed by atoms with E-state index in [2.05, 4.69) is 11.4 Å². The standard InChI is InChI=1S/C23H31N3O2/c1-16-12-19(25-18-9-6-10-20(13-18)28-5)14-21(24-16)17-8-7-11-26(15-17)22(27)23(2,3)4/h6,9-10,12-14,17H,7-8,11,15H2,1-5H3,(H,24,25)/t17-/m1/s1. The van der Waals surface area contributed by atoms with Gasteiger partial charge < -0.3 is 15.0 Å². The fourth-order valence-electron chi connectivity index (χ4n) is 3.72. The summed E-state index contributed by atoms with van der Waals surface area (Å²) >= 11 is 0. The predicted molar refractivity (Wildman–Crippen MR) is 113 cm³/mol. The number of nitrogens with zero attached hydrogens (tertiary/aromatic N) is 2. The van der Waals surface area contributed by atoms with Gasteiger partial charge in [-0.3, -0.25) is 9.78 Å². The van der Waals surface area contributed by atoms with Crippen LogP contribution in [0.15, 0.2) is 36.4 Å². The summed E-state index contributed by atoms with van der Waals surface area (Å²) in [6.07, 6.45) is 2.07. The Labute approximate surface area is 168 Å². The Bertz CT molecular complexity index is 842. The van der Waals surface area contributed by atoms with Gasteiger partial charge >= 0.3 is 0 Å². The molecule has 1 amide bonds. The minimum Gasteiger partial charge on any atom is -0.497 e. The smallest absolute Gasteiger partial charge is 0.227 e. The van der Waals surface area contributed by atoms with Crippen molar-refractivity contribution < 1.29 is 9.53 Å². The molecule has 2 aromatic rings. The van der Waals surface area contributed by atoms with E-state index in [1.54, 1.807) is 7.11 Å². The van der Waals surface area contributed by atoms with Crippen LogP contribution in [0.3, 0.4) is 0 Å². The van der Waals surface area contributed by atoms with Crippen LogP contribution in [0.1, 0.15) is 50.9 Å². The normalized spacial score (nSPS) is 17.3. The van der Waals surface area contributed by atoms with Gasteiger partial charge in [-0.05, 0) is 44.0 Å². The summed E-state index contributed by atoms with van der Waals surface area (Å²) in [4.78, 5) is 19.5. The van der Waals surface area contributed by atoms with E-state index in [9.17, 15) is 4.79 Å². The van der Waals surface area contributed by atoms with E-state index < -0.39 is 0 Å². The molecule has 1 aromatic carbocycles. The molecule has 1 N–H and O–H groups in total. The molecule has 0 saturated carbocycles. The van der Waals surface area contributed by atoms with Gasteiger partial charge in [0.25, 0.3) is 0 Å². The second-order valence-electron chi connectivity index (χ2n) is 8.62. The number of benzene rings is 1. The Morgan fingerprint density at radius 1 is 1.21 bits per heavy atom. The fourth-order valence-corrected chi connectivity index (χ4v) is 3.72. The van der Waals surface area contributed by atoms with E-state index in [0.717, 1.165) is 54.4 Å². The molecule has 1 aromatic heterocycles. The van der Waals surface area contributed by atoms with Crippen molar-refractivity contribution in [2.75, 3.05) is 25.5 Å². The Morgan fingerprint density at radius 2 is 2.00 bits per heavy atom. The van der Waals surface area contributed by atoms with Crippen molar-refractivity contribution in [2.24, 2.45) is 5.41 Å². The SMILES string of the molecule is COc1cccc(Nc2cc(C)nc([C@@H]3CCCN(C(=O)C(C)(C)C)C3)c2)c1. The zero-order chi connectivity index (χ0) is 20.3. The summed E-state index contributed by atoms with van der Waals surface area (Å²) in [5.41, 5.74) is 3.67. The number of likely N-dealkylation sites (tertiary alicyclic amines) is 1. The molecule has 0 bridgehead atoms. The van der Waals surface area contributed by atoms with Crippen LogP contribution in [-0.4, -0.2) is 36.0 Å². The third-order valence-electron chi connectivity index (χ3n) is 5.10. The number of carbonyl (C=O) groups excluding carboxylic acids is 1. The van der Waals surface area contributed by atoms with E-state index >= 15 is 0 Å². The molecule has 5 heteroatoms. The first-order valence-electron chi connectivity index (χ1n) is 9.95. The summed E-state index contributed by atoms with van der Waals surface area (Å²) in [6, 6.07) is 12.0. The van der Waals surface area contributed by atoms with Gasteiger partial charge in [-0.2, -0.15) is 0 Å². The molecule has 0 unspecified atom stereocenters. The van der Waals surface area contributed by atoms with Crippen molar-refractivity contribution in [1.82, 2.24) is 9.88 Å². The highest BCUT2D eigenvalue weighted by Crippen LogP contribution is 2.31. The average Bonchev–Trinajstić information content (AvgIpc) is 2.66. The Kier molecular flexibility index (Phi) is 5.92. The summed E-state index contributed by atoms with van der Waals surface area (Å²) in [5.74, 6) is 1.31. The molecule has 0 radical (unpaired) electrons. The minimum atomic E-state index is -0.346. The molecular weight excluding hydrogens is 350 g/mol. The molecule has 1 fully saturated rings. The van der Waals surface area contributed by atoms with Crippen LogP contribution in [0, 0.1) is 12.3 Å². The topological polar surface area (TPSA) is 54.5 Å². The molecule has 150 valence electrons. The molecule has 2 heterocycles. The van der Waals surface area contributed by atoms with Crippen molar-refractivity contribution in [1.29, 1.82) is 0 Å². The summed E-state index contributed by atoms with van der Waals surface area (Å²) in [7, 11) is 1.67. The zero-order valence-electron chi connectivity index (χ0n) is 17.6. The quantitative estimate of drug-likeness (QED) is 0.819. The highest BCUT2D eigenvalue weighted by Gasteiger charge is 2.32. The molecular formula is C23H31N3O2. The van der Waals surface area contributed by atoms with E-state index in [1.165, 1.54) is 0 Å². The molecule has 28 heavy (non-hydrogen) atoms. The first kappa shape index (κ1) is 20.2. The van der Waals surface area contributed by atoms with E-state index in [0.29, 0.717) is 0 Å². The first-order valence-corrected chi connectivity index (χ1v) is 9.95. The molecule has 1 atom stereocenters. The van der Waals surface area contributed by atoms with E-state index in [-0.39, 0.29) is 17.2 Å². The lowest BCUT2D eigenvalue weighted by Gasteiger charge is -2.36. The van der Waals surface area contributed by atoms with Crippen LogP contribution >= 0.6 is 0 Å². The number of piperidine rings is 1. The lowest BCUT2D eigenvalue weighted by Crippen LogP contribution is -2.44. The van der Waals surface area contributed by atoms with Gasteiger partial charge in [-0.25, -0.2) is 0 Å².